The normalized spacial score (nSPS) is 21.6. The number of hydrogen-bond acceptors (Lipinski definition) is 8. The van der Waals surface area contributed by atoms with E-state index in [1.165, 1.54) is 12.0 Å². The van der Waals surface area contributed by atoms with E-state index in [9.17, 15) is 24.1 Å². The van der Waals surface area contributed by atoms with Gasteiger partial charge in [-0.3, -0.25) is 18.7 Å². The minimum atomic E-state index is -3.55. The fourth-order valence-corrected chi connectivity index (χ4v) is 7.43. The number of aryl methyl sites for hydroxylation is 1. The molecule has 0 aromatic heterocycles. The summed E-state index contributed by atoms with van der Waals surface area (Å²) in [7, 11) is -3.55. The number of rotatable bonds is 13. The maximum Gasteiger partial charge on any atom is 0.334 e. The van der Waals surface area contributed by atoms with Gasteiger partial charge in [-0.15, -0.1) is 0 Å². The monoisotopic (exact) mass is 581 g/mol. The highest BCUT2D eigenvalue weighted by molar-refractivity contribution is 7.59. The molecule has 0 bridgehead atoms. The van der Waals surface area contributed by atoms with Crippen molar-refractivity contribution in [3.05, 3.63) is 35.9 Å². The molecule has 1 aliphatic heterocycles. The number of nitrogens with one attached hydrogen (secondary N) is 1. The van der Waals surface area contributed by atoms with Crippen molar-refractivity contribution in [1.82, 2.24) is 5.32 Å². The number of ether oxygens (including phenoxy) is 1. The van der Waals surface area contributed by atoms with Crippen LogP contribution in [-0.2, 0) is 34.6 Å². The Balaban J connectivity index is 0.00000103. The molecule has 1 aliphatic carbocycles. The number of unbranched alkanes of at least 4 members (excludes halogenated alkanes) is 1. The van der Waals surface area contributed by atoms with Crippen LogP contribution in [0.2, 0.25) is 0 Å². The molecule has 1 aromatic carbocycles. The van der Waals surface area contributed by atoms with Crippen molar-refractivity contribution >= 4 is 25.3 Å². The van der Waals surface area contributed by atoms with Crippen LogP contribution in [-0.4, -0.2) is 58.8 Å². The highest BCUT2D eigenvalue weighted by atomic mass is 31.2. The van der Waals surface area contributed by atoms with Crippen LogP contribution in [0.15, 0.2) is 30.3 Å². The quantitative estimate of drug-likeness (QED) is 0.0902. The highest BCUT2D eigenvalue weighted by Crippen LogP contribution is 2.49. The van der Waals surface area contributed by atoms with Crippen molar-refractivity contribution in [3.8, 4) is 0 Å². The first-order chi connectivity index (χ1) is 19.0. The second-order valence-electron chi connectivity index (χ2n) is 11.2. The van der Waals surface area contributed by atoms with Gasteiger partial charge in [0.05, 0.1) is 0 Å². The number of carbonyl (C=O) groups is 3. The van der Waals surface area contributed by atoms with Gasteiger partial charge < -0.3 is 20.3 Å². The van der Waals surface area contributed by atoms with Crippen LogP contribution in [0.3, 0.4) is 0 Å². The number of carbonyl (C=O) groups excluding carboxylic acids is 2. The maximum absolute atomic E-state index is 13.6. The average molecular weight is 582 g/mol. The van der Waals surface area contributed by atoms with E-state index < -0.39 is 43.3 Å². The van der Waals surface area contributed by atoms with Crippen molar-refractivity contribution in [1.29, 1.82) is 0 Å². The van der Waals surface area contributed by atoms with Gasteiger partial charge in [0.25, 0.3) is 0 Å². The number of carboxylic acid groups (broad SMARTS) is 1. The largest absolute Gasteiger partial charge is 0.481 e. The number of aliphatic hydroxyl groups is 1. The van der Waals surface area contributed by atoms with Gasteiger partial charge in [0.15, 0.2) is 6.29 Å². The summed E-state index contributed by atoms with van der Waals surface area (Å²) in [6.45, 7) is 5.84. The van der Waals surface area contributed by atoms with Crippen LogP contribution >= 0.6 is 7.37 Å². The zero-order valence-corrected chi connectivity index (χ0v) is 25.2. The van der Waals surface area contributed by atoms with E-state index in [0.29, 0.717) is 12.8 Å². The smallest absolute Gasteiger partial charge is 0.334 e. The Labute approximate surface area is 238 Å². The molecule has 0 amide bonds. The topological polar surface area (TPSA) is 139 Å². The lowest BCUT2D eigenvalue weighted by atomic mass is 9.74. The Kier molecular flexibility index (Phi) is 14.5. The molecule has 10 heteroatoms. The van der Waals surface area contributed by atoms with Crippen molar-refractivity contribution < 1.29 is 38.4 Å². The van der Waals surface area contributed by atoms with Crippen LogP contribution in [0.4, 0.5) is 0 Å². The second kappa shape index (κ2) is 17.0. The third-order valence-corrected chi connectivity index (χ3v) is 10.00. The van der Waals surface area contributed by atoms with Gasteiger partial charge in [0, 0.05) is 18.5 Å². The molecule has 226 valence electrons. The molecule has 2 fully saturated rings. The SMILES string of the molecule is CC(C)[C@@H](O)O[P@](=O)(CCCCc1ccccc1)CC(=O)OC(=O)[C@@]1(C2CCCCC2)CCCN1.CCC(=O)O. The zero-order chi connectivity index (χ0) is 29.6. The van der Waals surface area contributed by atoms with Gasteiger partial charge in [-0.2, -0.15) is 0 Å². The predicted octanol–water partition coefficient (Wildman–Crippen LogP) is 5.53. The number of aliphatic carboxylic acids is 1. The van der Waals surface area contributed by atoms with E-state index in [-0.39, 0.29) is 24.4 Å². The summed E-state index contributed by atoms with van der Waals surface area (Å²) < 4.78 is 24.5. The molecule has 1 saturated heterocycles. The fraction of sp³-hybridized carbons (Fsp3) is 0.700. The van der Waals surface area contributed by atoms with E-state index in [0.717, 1.165) is 51.5 Å². The molecule has 1 saturated carbocycles. The first-order valence-electron chi connectivity index (χ1n) is 14.7. The zero-order valence-electron chi connectivity index (χ0n) is 24.3. The average Bonchev–Trinajstić information content (AvgIpc) is 3.44. The van der Waals surface area contributed by atoms with Gasteiger partial charge >= 0.3 is 17.9 Å². The fourth-order valence-electron chi connectivity index (χ4n) is 5.29. The molecular formula is C30H48NO8P. The Bertz CT molecular complexity index is 971. The highest BCUT2D eigenvalue weighted by Gasteiger charge is 2.50. The van der Waals surface area contributed by atoms with Crippen LogP contribution in [0.1, 0.15) is 90.5 Å². The molecule has 40 heavy (non-hydrogen) atoms. The van der Waals surface area contributed by atoms with Gasteiger partial charge in [0.2, 0.25) is 7.37 Å². The summed E-state index contributed by atoms with van der Waals surface area (Å²) >= 11 is 0. The van der Waals surface area contributed by atoms with E-state index in [2.05, 4.69) is 5.32 Å². The molecule has 3 atom stereocenters. The Morgan fingerprint density at radius 2 is 1.73 bits per heavy atom. The van der Waals surface area contributed by atoms with E-state index in [1.54, 1.807) is 20.8 Å². The first-order valence-corrected chi connectivity index (χ1v) is 16.7. The van der Waals surface area contributed by atoms with Crippen LogP contribution in [0, 0.1) is 11.8 Å². The Hall–Kier alpha value is -2.06. The van der Waals surface area contributed by atoms with Crippen molar-refractivity contribution in [3.63, 3.8) is 0 Å². The summed E-state index contributed by atoms with van der Waals surface area (Å²) in [4.78, 5) is 35.4. The van der Waals surface area contributed by atoms with E-state index in [4.69, 9.17) is 14.4 Å². The number of aliphatic hydroxyl groups excluding tert-OH is 1. The number of hydrogen-bond donors (Lipinski definition) is 3. The van der Waals surface area contributed by atoms with Crippen LogP contribution in [0.5, 0.6) is 0 Å². The van der Waals surface area contributed by atoms with Crippen molar-refractivity contribution in [2.45, 2.75) is 103 Å². The lowest BCUT2D eigenvalue weighted by molar-refractivity contribution is -0.165. The molecule has 9 nitrogen and oxygen atoms in total. The lowest BCUT2D eigenvalue weighted by Gasteiger charge is -2.37. The Morgan fingerprint density at radius 1 is 1.07 bits per heavy atom. The third kappa shape index (κ3) is 11.1. The van der Waals surface area contributed by atoms with Crippen LogP contribution < -0.4 is 5.32 Å². The van der Waals surface area contributed by atoms with Gasteiger partial charge in [-0.05, 0) is 63.0 Å². The maximum atomic E-state index is 13.6. The molecule has 3 rings (SSSR count). The summed E-state index contributed by atoms with van der Waals surface area (Å²) in [5.74, 6) is -2.25. The molecule has 1 heterocycles. The summed E-state index contributed by atoms with van der Waals surface area (Å²) in [6, 6.07) is 10.0. The summed E-state index contributed by atoms with van der Waals surface area (Å²) in [5.41, 5.74) is 0.362. The second-order valence-corrected chi connectivity index (χ2v) is 13.8. The number of benzene rings is 1. The predicted molar refractivity (Wildman–Crippen MR) is 154 cm³/mol. The first kappa shape index (κ1) is 34.1. The minimum Gasteiger partial charge on any atom is -0.481 e. The van der Waals surface area contributed by atoms with Crippen molar-refractivity contribution in [2.24, 2.45) is 11.8 Å². The third-order valence-electron chi connectivity index (χ3n) is 7.66. The Morgan fingerprint density at radius 3 is 2.27 bits per heavy atom. The van der Waals surface area contributed by atoms with Gasteiger partial charge in [-0.1, -0.05) is 70.4 Å². The van der Waals surface area contributed by atoms with Gasteiger partial charge in [-0.25, -0.2) is 4.79 Å². The number of esters is 2. The summed E-state index contributed by atoms with van der Waals surface area (Å²) in [6.07, 6.45) is 7.53. The molecule has 0 radical (unpaired) electrons. The van der Waals surface area contributed by atoms with E-state index >= 15 is 0 Å². The molecule has 0 unspecified atom stereocenters. The molecule has 3 N–H and O–H groups in total. The minimum absolute atomic E-state index is 0.152. The van der Waals surface area contributed by atoms with E-state index in [1.807, 2.05) is 30.3 Å². The molecular weight excluding hydrogens is 533 g/mol. The number of carboxylic acids is 1. The lowest BCUT2D eigenvalue weighted by Crippen LogP contribution is -2.55. The standard InChI is InChI=1S/C27H42NO6P.C3H6O2/c1-21(2)25(30)34-35(32,19-10-9-14-22-12-5-3-6-13-22)20-24(29)33-26(31)27(17-11-18-28-27)23-15-7-4-8-16-23;1-2-3(4)5/h3,5-6,12-13,21,23,25,28,30H,4,7-11,14-20H2,1-2H3;2H2,1H3,(H,4,5)/t25-,27-,35+;/m0./s1. The van der Waals surface area contributed by atoms with Gasteiger partial charge in [0.1, 0.15) is 11.7 Å². The molecule has 1 aromatic rings. The van der Waals surface area contributed by atoms with Crippen LogP contribution in [0.25, 0.3) is 0 Å². The molecule has 2 aliphatic rings. The summed E-state index contributed by atoms with van der Waals surface area (Å²) in [5, 5.41) is 21.3. The molecule has 0 spiro atoms. The van der Waals surface area contributed by atoms with Crippen molar-refractivity contribution in [2.75, 3.05) is 18.9 Å².